The van der Waals surface area contributed by atoms with Gasteiger partial charge in [-0.1, -0.05) is 0 Å². The van der Waals surface area contributed by atoms with Crippen LogP contribution in [0.5, 0.6) is 5.75 Å². The maximum atomic E-state index is 12.7. The number of aromatic nitrogens is 1. The predicted molar refractivity (Wildman–Crippen MR) is 58.5 cm³/mol. The van der Waals surface area contributed by atoms with Crippen LogP contribution in [0.1, 0.15) is 29.5 Å². The number of alkyl halides is 5. The zero-order valence-corrected chi connectivity index (χ0v) is 10.7. The average molecular weight is 330 g/mol. The summed E-state index contributed by atoms with van der Waals surface area (Å²) in [5.74, 6) is -2.89. The van der Waals surface area contributed by atoms with Crippen LogP contribution in [-0.4, -0.2) is 28.8 Å². The minimum atomic E-state index is -5.32. The Morgan fingerprint density at radius 2 is 2.05 bits per heavy atom. The Hall–Kier alpha value is -2.53. The largest absolute Gasteiger partial charge is 0.573 e. The zero-order chi connectivity index (χ0) is 17.1. The number of pyridine rings is 1. The van der Waals surface area contributed by atoms with Gasteiger partial charge in [0.05, 0.1) is 17.6 Å². The third-order valence-electron chi connectivity index (χ3n) is 2.09. The molecule has 0 aromatic carbocycles. The van der Waals surface area contributed by atoms with E-state index in [9.17, 15) is 36.9 Å². The first kappa shape index (κ1) is 17.5. The van der Waals surface area contributed by atoms with Gasteiger partial charge in [0.25, 0.3) is 12.1 Å². The Kier molecular flexibility index (Phi) is 5.17. The molecule has 1 aromatic rings. The number of ether oxygens (including phenoxy) is 2. The topological polar surface area (TPSA) is 91.6 Å². The Bertz CT molecular complexity index is 590. The lowest BCUT2D eigenvalue weighted by molar-refractivity contribution is -0.386. The minimum absolute atomic E-state index is 0.0498. The van der Waals surface area contributed by atoms with E-state index in [1.165, 1.54) is 6.92 Å². The van der Waals surface area contributed by atoms with Crippen molar-refractivity contribution in [2.75, 3.05) is 6.61 Å². The molecule has 0 atom stereocenters. The Labute approximate surface area is 118 Å². The van der Waals surface area contributed by atoms with Gasteiger partial charge in [-0.15, -0.1) is 13.2 Å². The van der Waals surface area contributed by atoms with Crippen molar-refractivity contribution in [3.05, 3.63) is 27.6 Å². The standard InChI is InChI=1S/C10H7F5N2O5/c1-2-21-9(18)7-5(22-10(13,14)15)3-4(17(19)20)6(16-7)8(11)12/h3,8H,2H2,1H3. The van der Waals surface area contributed by atoms with E-state index in [0.717, 1.165) is 0 Å². The number of rotatable bonds is 5. The molecule has 0 aliphatic rings. The van der Waals surface area contributed by atoms with Crippen molar-refractivity contribution in [3.63, 3.8) is 0 Å². The van der Waals surface area contributed by atoms with Crippen molar-refractivity contribution in [2.24, 2.45) is 0 Å². The van der Waals surface area contributed by atoms with E-state index in [-0.39, 0.29) is 12.7 Å². The molecule has 1 rings (SSSR count). The first-order chi connectivity index (χ1) is 10.1. The van der Waals surface area contributed by atoms with Crippen LogP contribution in [0, 0.1) is 10.1 Å². The molecule has 12 heteroatoms. The molecule has 0 saturated heterocycles. The fraction of sp³-hybridized carbons (Fsp3) is 0.400. The number of nitro groups is 1. The van der Waals surface area contributed by atoms with Crippen molar-refractivity contribution >= 4 is 11.7 Å². The van der Waals surface area contributed by atoms with Crippen LogP contribution in [-0.2, 0) is 4.74 Å². The summed E-state index contributed by atoms with van der Waals surface area (Å²) in [6.07, 6.45) is -8.81. The van der Waals surface area contributed by atoms with Crippen molar-refractivity contribution in [3.8, 4) is 5.75 Å². The molecule has 0 N–H and O–H groups in total. The van der Waals surface area contributed by atoms with Gasteiger partial charge in [-0.05, 0) is 6.92 Å². The van der Waals surface area contributed by atoms with Gasteiger partial charge in [0.15, 0.2) is 17.1 Å². The summed E-state index contributed by atoms with van der Waals surface area (Å²) >= 11 is 0. The second-order valence-corrected chi connectivity index (χ2v) is 3.57. The number of hydrogen-bond donors (Lipinski definition) is 0. The number of halogens is 5. The highest BCUT2D eigenvalue weighted by Crippen LogP contribution is 2.35. The minimum Gasteiger partial charge on any atom is -0.461 e. The van der Waals surface area contributed by atoms with Crippen LogP contribution in [0.3, 0.4) is 0 Å². The van der Waals surface area contributed by atoms with Crippen molar-refractivity contribution < 1.29 is 41.1 Å². The van der Waals surface area contributed by atoms with Gasteiger partial charge in [-0.2, -0.15) is 0 Å². The van der Waals surface area contributed by atoms with Gasteiger partial charge < -0.3 is 9.47 Å². The van der Waals surface area contributed by atoms with Gasteiger partial charge >= 0.3 is 12.3 Å². The molecular weight excluding hydrogens is 323 g/mol. The van der Waals surface area contributed by atoms with Gasteiger partial charge in [-0.25, -0.2) is 18.6 Å². The molecule has 0 unspecified atom stereocenters. The van der Waals surface area contributed by atoms with Gasteiger partial charge in [0, 0.05) is 0 Å². The molecule has 7 nitrogen and oxygen atoms in total. The molecule has 0 fully saturated rings. The van der Waals surface area contributed by atoms with Crippen molar-refractivity contribution in [2.45, 2.75) is 19.7 Å². The average Bonchev–Trinajstić information content (AvgIpc) is 2.36. The van der Waals surface area contributed by atoms with Crippen LogP contribution in [0.25, 0.3) is 0 Å². The van der Waals surface area contributed by atoms with E-state index in [2.05, 4.69) is 14.5 Å². The summed E-state index contributed by atoms with van der Waals surface area (Å²) in [5.41, 5.74) is -4.12. The van der Waals surface area contributed by atoms with E-state index in [4.69, 9.17) is 0 Å². The summed E-state index contributed by atoms with van der Waals surface area (Å²) < 4.78 is 69.9. The summed E-state index contributed by atoms with van der Waals surface area (Å²) in [5, 5.41) is 10.6. The fourth-order valence-corrected chi connectivity index (χ4v) is 1.35. The smallest absolute Gasteiger partial charge is 0.461 e. The van der Waals surface area contributed by atoms with Crippen LogP contribution in [0.4, 0.5) is 27.6 Å². The van der Waals surface area contributed by atoms with E-state index in [0.29, 0.717) is 0 Å². The molecule has 122 valence electrons. The second-order valence-electron chi connectivity index (χ2n) is 3.57. The second kappa shape index (κ2) is 6.49. The Morgan fingerprint density at radius 1 is 1.45 bits per heavy atom. The number of nitrogens with zero attached hydrogens (tertiary/aromatic N) is 2. The number of hydrogen-bond acceptors (Lipinski definition) is 6. The molecule has 1 aromatic heterocycles. The van der Waals surface area contributed by atoms with Crippen molar-refractivity contribution in [1.82, 2.24) is 4.98 Å². The molecule has 0 spiro atoms. The highest BCUT2D eigenvalue weighted by Gasteiger charge is 2.37. The molecule has 0 aliphatic carbocycles. The summed E-state index contributed by atoms with van der Waals surface area (Å²) in [6.45, 7) is 1.02. The van der Waals surface area contributed by atoms with Gasteiger partial charge in [0.2, 0.25) is 0 Å². The van der Waals surface area contributed by atoms with Gasteiger partial charge in [0.1, 0.15) is 0 Å². The highest BCUT2D eigenvalue weighted by atomic mass is 19.4. The van der Waals surface area contributed by atoms with Crippen molar-refractivity contribution in [1.29, 1.82) is 0 Å². The SMILES string of the molecule is CCOC(=O)c1nc(C(F)F)c([N+](=O)[O-])cc1OC(F)(F)F. The molecule has 0 bridgehead atoms. The Balaban J connectivity index is 3.52. The number of esters is 1. The lowest BCUT2D eigenvalue weighted by atomic mass is 10.2. The highest BCUT2D eigenvalue weighted by molar-refractivity contribution is 5.90. The maximum absolute atomic E-state index is 12.7. The van der Waals surface area contributed by atoms with E-state index in [1.807, 2.05) is 0 Å². The quantitative estimate of drug-likeness (QED) is 0.357. The Morgan fingerprint density at radius 3 is 2.45 bits per heavy atom. The predicted octanol–water partition coefficient (Wildman–Crippen LogP) is 3.00. The van der Waals surface area contributed by atoms with Gasteiger partial charge in [-0.3, -0.25) is 10.1 Å². The van der Waals surface area contributed by atoms with E-state index in [1.54, 1.807) is 0 Å². The van der Waals surface area contributed by atoms with E-state index >= 15 is 0 Å². The molecule has 0 aliphatic heterocycles. The molecule has 1 heterocycles. The fourth-order valence-electron chi connectivity index (χ4n) is 1.35. The summed E-state index contributed by atoms with van der Waals surface area (Å²) in [4.78, 5) is 23.6. The van der Waals surface area contributed by atoms with E-state index < -0.39 is 46.5 Å². The maximum Gasteiger partial charge on any atom is 0.573 e. The molecule has 0 saturated carbocycles. The molecule has 22 heavy (non-hydrogen) atoms. The normalized spacial score (nSPS) is 11.4. The third-order valence-corrected chi connectivity index (χ3v) is 2.09. The lowest BCUT2D eigenvalue weighted by Gasteiger charge is -2.13. The molecule has 0 amide bonds. The number of carbonyl (C=O) groups is 1. The number of carbonyl (C=O) groups excluding carboxylic acids is 1. The van der Waals surface area contributed by atoms with Crippen LogP contribution in [0.2, 0.25) is 0 Å². The summed E-state index contributed by atoms with van der Waals surface area (Å²) in [7, 11) is 0. The molecule has 0 radical (unpaired) electrons. The lowest BCUT2D eigenvalue weighted by Crippen LogP contribution is -2.21. The summed E-state index contributed by atoms with van der Waals surface area (Å²) in [6, 6.07) is 0.0498. The molecular formula is C10H7F5N2O5. The first-order valence-electron chi connectivity index (χ1n) is 5.47. The van der Waals surface area contributed by atoms with Crippen LogP contribution >= 0.6 is 0 Å². The zero-order valence-electron chi connectivity index (χ0n) is 10.7. The van der Waals surface area contributed by atoms with Crippen LogP contribution in [0.15, 0.2) is 6.07 Å². The monoisotopic (exact) mass is 330 g/mol. The first-order valence-corrected chi connectivity index (χ1v) is 5.47. The van der Waals surface area contributed by atoms with Crippen LogP contribution < -0.4 is 4.74 Å². The third kappa shape index (κ3) is 4.23.